The number of nitrogens with one attached hydrogen (secondary N) is 1. The van der Waals surface area contributed by atoms with Crippen LogP contribution in [0.25, 0.3) is 11.3 Å². The van der Waals surface area contributed by atoms with Crippen LogP contribution in [0.3, 0.4) is 0 Å². The second-order valence-corrected chi connectivity index (χ2v) is 7.77. The lowest BCUT2D eigenvalue weighted by Crippen LogP contribution is -2.39. The van der Waals surface area contributed by atoms with Crippen LogP contribution in [0, 0.1) is 0 Å². The van der Waals surface area contributed by atoms with Crippen molar-refractivity contribution < 1.29 is 0 Å². The summed E-state index contributed by atoms with van der Waals surface area (Å²) in [6.07, 6.45) is 5.90. The van der Waals surface area contributed by atoms with Gasteiger partial charge in [-0.3, -0.25) is 4.98 Å². The maximum absolute atomic E-state index is 5.83. The Morgan fingerprint density at radius 2 is 1.96 bits per heavy atom. The monoisotopic (exact) mass is 374 g/mol. The summed E-state index contributed by atoms with van der Waals surface area (Å²) in [4.78, 5) is 16.1. The number of nitrogens with zero attached hydrogens (tertiary/aromatic N) is 4. The van der Waals surface area contributed by atoms with E-state index in [1.54, 1.807) is 6.20 Å². The minimum absolute atomic E-state index is 0.261. The van der Waals surface area contributed by atoms with Crippen molar-refractivity contribution >= 4 is 17.5 Å². The molecule has 0 bridgehead atoms. The number of fused-ring (bicyclic) bond motifs is 1. The lowest BCUT2D eigenvalue weighted by molar-refractivity contribution is 0.574. The molecule has 1 aliphatic heterocycles. The van der Waals surface area contributed by atoms with Gasteiger partial charge >= 0.3 is 0 Å². The third-order valence-electron chi connectivity index (χ3n) is 5.03. The Hall–Kier alpha value is -2.99. The SMILES string of the molecule is CC(C)(CN)Nc1nccc(N2CCCc3cnc(-c4ccccc4)cc32)n1. The highest BCUT2D eigenvalue weighted by molar-refractivity contribution is 5.72. The zero-order valence-corrected chi connectivity index (χ0v) is 16.4. The van der Waals surface area contributed by atoms with Crippen molar-refractivity contribution in [3.8, 4) is 11.3 Å². The molecule has 1 aliphatic rings. The van der Waals surface area contributed by atoms with Crippen LogP contribution < -0.4 is 16.0 Å². The predicted molar refractivity (Wildman–Crippen MR) is 114 cm³/mol. The molecular formula is C22H26N6. The quantitative estimate of drug-likeness (QED) is 0.708. The molecule has 3 heterocycles. The molecule has 0 saturated carbocycles. The van der Waals surface area contributed by atoms with Crippen LogP contribution in [0.4, 0.5) is 17.5 Å². The lowest BCUT2D eigenvalue weighted by Gasteiger charge is -2.31. The van der Waals surface area contributed by atoms with Crippen LogP contribution in [0.5, 0.6) is 0 Å². The summed E-state index contributed by atoms with van der Waals surface area (Å²) < 4.78 is 0. The van der Waals surface area contributed by atoms with Crippen molar-refractivity contribution in [3.63, 3.8) is 0 Å². The standard InChI is InChI=1S/C22H26N6/c1-22(2,15-23)27-21-24-11-10-20(26-21)28-12-6-9-17-14-25-18(13-19(17)28)16-7-4-3-5-8-16/h3-5,7-8,10-11,13-14H,6,9,12,15,23H2,1-2H3,(H,24,26,27). The fraction of sp³-hybridized carbons (Fsp3) is 0.318. The summed E-state index contributed by atoms with van der Waals surface area (Å²) in [6.45, 7) is 5.50. The zero-order valence-electron chi connectivity index (χ0n) is 16.4. The van der Waals surface area contributed by atoms with Crippen LogP contribution in [0.1, 0.15) is 25.8 Å². The van der Waals surface area contributed by atoms with Crippen molar-refractivity contribution in [2.45, 2.75) is 32.2 Å². The first-order chi connectivity index (χ1) is 13.6. The molecule has 0 fully saturated rings. The first-order valence-electron chi connectivity index (χ1n) is 9.69. The smallest absolute Gasteiger partial charge is 0.225 e. The molecule has 3 aromatic rings. The van der Waals surface area contributed by atoms with Gasteiger partial charge in [0, 0.05) is 42.3 Å². The molecule has 1 aromatic carbocycles. The summed E-state index contributed by atoms with van der Waals surface area (Å²) >= 11 is 0. The van der Waals surface area contributed by atoms with Gasteiger partial charge in [0.25, 0.3) is 0 Å². The van der Waals surface area contributed by atoms with E-state index in [1.165, 1.54) is 11.3 Å². The minimum atomic E-state index is -0.261. The Kier molecular flexibility index (Phi) is 4.96. The summed E-state index contributed by atoms with van der Waals surface area (Å²) in [6, 6.07) is 14.4. The van der Waals surface area contributed by atoms with Gasteiger partial charge in [-0.05, 0) is 44.4 Å². The highest BCUT2D eigenvalue weighted by atomic mass is 15.2. The summed E-state index contributed by atoms with van der Waals surface area (Å²) in [5, 5.41) is 3.32. The molecule has 4 rings (SSSR count). The van der Waals surface area contributed by atoms with Gasteiger partial charge in [-0.25, -0.2) is 4.98 Å². The van der Waals surface area contributed by atoms with E-state index in [0.717, 1.165) is 36.5 Å². The average molecular weight is 374 g/mol. The maximum Gasteiger partial charge on any atom is 0.225 e. The summed E-state index contributed by atoms with van der Waals surface area (Å²) in [5.41, 5.74) is 10.1. The van der Waals surface area contributed by atoms with E-state index in [0.29, 0.717) is 12.5 Å². The van der Waals surface area contributed by atoms with Crippen LogP contribution in [-0.2, 0) is 6.42 Å². The third kappa shape index (κ3) is 3.82. The number of rotatable bonds is 5. The number of benzene rings is 1. The highest BCUT2D eigenvalue weighted by Crippen LogP contribution is 2.34. The van der Waals surface area contributed by atoms with Gasteiger partial charge in [0.2, 0.25) is 5.95 Å². The van der Waals surface area contributed by atoms with Crippen molar-refractivity contribution in [3.05, 3.63) is 60.4 Å². The Labute approximate surface area is 165 Å². The number of hydrogen-bond donors (Lipinski definition) is 2. The van der Waals surface area contributed by atoms with Crippen molar-refractivity contribution in [2.24, 2.45) is 5.73 Å². The summed E-state index contributed by atoms with van der Waals surface area (Å²) in [7, 11) is 0. The average Bonchev–Trinajstić information content (AvgIpc) is 2.73. The van der Waals surface area contributed by atoms with Crippen LogP contribution in [-0.4, -0.2) is 33.6 Å². The molecule has 0 amide bonds. The Bertz CT molecular complexity index is 954. The van der Waals surface area contributed by atoms with Crippen LogP contribution >= 0.6 is 0 Å². The number of pyridine rings is 1. The van der Waals surface area contributed by atoms with E-state index in [-0.39, 0.29) is 5.54 Å². The van der Waals surface area contributed by atoms with Gasteiger partial charge in [0.05, 0.1) is 5.69 Å². The van der Waals surface area contributed by atoms with Gasteiger partial charge in [-0.1, -0.05) is 30.3 Å². The second kappa shape index (κ2) is 7.56. The van der Waals surface area contributed by atoms with Crippen molar-refractivity contribution in [1.82, 2.24) is 15.0 Å². The topological polar surface area (TPSA) is 80.0 Å². The van der Waals surface area contributed by atoms with Crippen LogP contribution in [0.2, 0.25) is 0 Å². The van der Waals surface area contributed by atoms with E-state index < -0.39 is 0 Å². The molecular weight excluding hydrogens is 348 g/mol. The first kappa shape index (κ1) is 18.4. The number of anilines is 3. The van der Waals surface area contributed by atoms with E-state index in [2.05, 4.69) is 38.4 Å². The van der Waals surface area contributed by atoms with Crippen molar-refractivity contribution in [1.29, 1.82) is 0 Å². The maximum atomic E-state index is 5.83. The fourth-order valence-corrected chi connectivity index (χ4v) is 3.38. The van der Waals surface area contributed by atoms with E-state index in [9.17, 15) is 0 Å². The van der Waals surface area contributed by atoms with E-state index in [1.807, 2.05) is 44.3 Å². The Balaban J connectivity index is 1.70. The van der Waals surface area contributed by atoms with E-state index in [4.69, 9.17) is 10.7 Å². The molecule has 6 nitrogen and oxygen atoms in total. The number of hydrogen-bond acceptors (Lipinski definition) is 6. The van der Waals surface area contributed by atoms with Crippen molar-refractivity contribution in [2.75, 3.05) is 23.3 Å². The zero-order chi connectivity index (χ0) is 19.6. The molecule has 0 aliphatic carbocycles. The lowest BCUT2D eigenvalue weighted by atomic mass is 10.0. The van der Waals surface area contributed by atoms with Gasteiger partial charge in [-0.15, -0.1) is 0 Å². The molecule has 28 heavy (non-hydrogen) atoms. The predicted octanol–water partition coefficient (Wildman–Crippen LogP) is 3.77. The molecule has 0 radical (unpaired) electrons. The third-order valence-corrected chi connectivity index (χ3v) is 5.03. The normalized spacial score (nSPS) is 13.9. The second-order valence-electron chi connectivity index (χ2n) is 7.77. The number of aryl methyl sites for hydroxylation is 1. The molecule has 3 N–H and O–H groups in total. The minimum Gasteiger partial charge on any atom is -0.348 e. The molecule has 0 unspecified atom stereocenters. The van der Waals surface area contributed by atoms with Gasteiger partial charge in [0.15, 0.2) is 0 Å². The van der Waals surface area contributed by atoms with Gasteiger partial charge < -0.3 is 16.0 Å². The molecule has 0 atom stereocenters. The molecule has 6 heteroatoms. The Morgan fingerprint density at radius 3 is 2.75 bits per heavy atom. The van der Waals surface area contributed by atoms with Crippen LogP contribution in [0.15, 0.2) is 54.9 Å². The number of nitrogens with two attached hydrogens (primary N) is 1. The molecule has 0 saturated heterocycles. The van der Waals surface area contributed by atoms with Gasteiger partial charge in [0.1, 0.15) is 5.82 Å². The van der Waals surface area contributed by atoms with E-state index >= 15 is 0 Å². The molecule has 2 aromatic heterocycles. The van der Waals surface area contributed by atoms with Gasteiger partial charge in [-0.2, -0.15) is 4.98 Å². The first-order valence-corrected chi connectivity index (χ1v) is 9.69. The molecule has 0 spiro atoms. The molecule has 144 valence electrons. The highest BCUT2D eigenvalue weighted by Gasteiger charge is 2.22. The number of aromatic nitrogens is 3. The Morgan fingerprint density at radius 1 is 1.14 bits per heavy atom. The summed E-state index contributed by atoms with van der Waals surface area (Å²) in [5.74, 6) is 1.48. The largest absolute Gasteiger partial charge is 0.348 e. The fourth-order valence-electron chi connectivity index (χ4n) is 3.38.